The predicted octanol–water partition coefficient (Wildman–Crippen LogP) is 1.49. The van der Waals surface area contributed by atoms with Gasteiger partial charge in [-0.3, -0.25) is 0 Å². The minimum Gasteiger partial charge on any atom is -0.497 e. The molecule has 0 unspecified atom stereocenters. The predicted molar refractivity (Wildman–Crippen MR) is 68.9 cm³/mol. The lowest BCUT2D eigenvalue weighted by atomic mass is 10.1. The van der Waals surface area contributed by atoms with Crippen LogP contribution in [0.25, 0.3) is 0 Å². The number of ether oxygens (including phenoxy) is 2. The summed E-state index contributed by atoms with van der Waals surface area (Å²) in [6.07, 6.45) is 1.16. The molecule has 2 N–H and O–H groups in total. The maximum atomic E-state index is 5.71. The SMILES string of the molecule is COc1cc(OC)cc(N2CC[C@H](CN)C2)c1. The molecule has 0 spiro atoms. The Balaban J connectivity index is 2.20. The smallest absolute Gasteiger partial charge is 0.124 e. The van der Waals surface area contributed by atoms with Crippen molar-refractivity contribution in [3.05, 3.63) is 18.2 Å². The molecule has 0 aromatic heterocycles. The van der Waals surface area contributed by atoms with E-state index in [2.05, 4.69) is 4.90 Å². The summed E-state index contributed by atoms with van der Waals surface area (Å²) in [5.41, 5.74) is 6.86. The summed E-state index contributed by atoms with van der Waals surface area (Å²) in [4.78, 5) is 2.34. The van der Waals surface area contributed by atoms with E-state index in [0.717, 1.165) is 43.2 Å². The second-order valence-corrected chi connectivity index (χ2v) is 4.41. The zero-order chi connectivity index (χ0) is 12.3. The molecule has 1 aromatic rings. The van der Waals surface area contributed by atoms with Gasteiger partial charge in [-0.1, -0.05) is 0 Å². The Bertz CT molecular complexity index is 359. The van der Waals surface area contributed by atoms with E-state index in [1.165, 1.54) is 0 Å². The van der Waals surface area contributed by atoms with Gasteiger partial charge in [0, 0.05) is 37.0 Å². The molecule has 1 atom stereocenters. The number of methoxy groups -OCH3 is 2. The zero-order valence-electron chi connectivity index (χ0n) is 10.5. The number of anilines is 1. The number of benzene rings is 1. The summed E-state index contributed by atoms with van der Waals surface area (Å²) in [5.74, 6) is 2.26. The zero-order valence-corrected chi connectivity index (χ0v) is 10.5. The van der Waals surface area contributed by atoms with Gasteiger partial charge in [0.2, 0.25) is 0 Å². The molecule has 1 saturated heterocycles. The van der Waals surface area contributed by atoms with Crippen LogP contribution in [-0.2, 0) is 0 Å². The highest BCUT2D eigenvalue weighted by molar-refractivity contribution is 5.56. The van der Waals surface area contributed by atoms with E-state index in [4.69, 9.17) is 15.2 Å². The number of hydrogen-bond donors (Lipinski definition) is 1. The Morgan fingerprint density at radius 3 is 2.35 bits per heavy atom. The van der Waals surface area contributed by atoms with Crippen molar-refractivity contribution in [3.8, 4) is 11.5 Å². The number of hydrogen-bond acceptors (Lipinski definition) is 4. The topological polar surface area (TPSA) is 47.7 Å². The molecular weight excluding hydrogens is 216 g/mol. The van der Waals surface area contributed by atoms with Crippen LogP contribution in [0.4, 0.5) is 5.69 Å². The first-order chi connectivity index (χ1) is 8.26. The van der Waals surface area contributed by atoms with Crippen LogP contribution in [0, 0.1) is 5.92 Å². The van der Waals surface area contributed by atoms with E-state index in [1.807, 2.05) is 18.2 Å². The summed E-state index contributed by atoms with van der Waals surface area (Å²) in [6.45, 7) is 2.84. The Kier molecular flexibility index (Phi) is 3.74. The second-order valence-electron chi connectivity index (χ2n) is 4.41. The lowest BCUT2D eigenvalue weighted by Crippen LogP contribution is -2.22. The van der Waals surface area contributed by atoms with Gasteiger partial charge in [0.1, 0.15) is 11.5 Å². The molecule has 4 heteroatoms. The van der Waals surface area contributed by atoms with Crippen molar-refractivity contribution >= 4 is 5.69 Å². The van der Waals surface area contributed by atoms with E-state index < -0.39 is 0 Å². The van der Waals surface area contributed by atoms with Crippen LogP contribution in [0.2, 0.25) is 0 Å². The highest BCUT2D eigenvalue weighted by Gasteiger charge is 2.22. The minimum atomic E-state index is 0.604. The minimum absolute atomic E-state index is 0.604. The van der Waals surface area contributed by atoms with E-state index >= 15 is 0 Å². The normalized spacial score (nSPS) is 19.5. The Hall–Kier alpha value is -1.42. The molecule has 4 nitrogen and oxygen atoms in total. The summed E-state index contributed by atoms with van der Waals surface area (Å²) in [7, 11) is 3.34. The van der Waals surface area contributed by atoms with E-state index in [0.29, 0.717) is 5.92 Å². The van der Waals surface area contributed by atoms with Crippen molar-refractivity contribution in [1.82, 2.24) is 0 Å². The van der Waals surface area contributed by atoms with Gasteiger partial charge in [0.15, 0.2) is 0 Å². The third-order valence-electron chi connectivity index (χ3n) is 3.32. The van der Waals surface area contributed by atoms with Gasteiger partial charge >= 0.3 is 0 Å². The van der Waals surface area contributed by atoms with Gasteiger partial charge in [0.25, 0.3) is 0 Å². The highest BCUT2D eigenvalue weighted by atomic mass is 16.5. The summed E-state index contributed by atoms with van der Waals surface area (Å²) in [6, 6.07) is 5.98. The first-order valence-corrected chi connectivity index (χ1v) is 5.95. The third-order valence-corrected chi connectivity index (χ3v) is 3.32. The monoisotopic (exact) mass is 236 g/mol. The van der Waals surface area contributed by atoms with Crippen LogP contribution in [0.5, 0.6) is 11.5 Å². The largest absolute Gasteiger partial charge is 0.497 e. The van der Waals surface area contributed by atoms with E-state index in [1.54, 1.807) is 14.2 Å². The van der Waals surface area contributed by atoms with E-state index in [-0.39, 0.29) is 0 Å². The molecule has 1 aliphatic rings. The first-order valence-electron chi connectivity index (χ1n) is 5.95. The number of rotatable bonds is 4. The average molecular weight is 236 g/mol. The fourth-order valence-corrected chi connectivity index (χ4v) is 2.23. The van der Waals surface area contributed by atoms with Gasteiger partial charge < -0.3 is 20.1 Å². The van der Waals surface area contributed by atoms with Crippen molar-refractivity contribution in [1.29, 1.82) is 0 Å². The summed E-state index contributed by atoms with van der Waals surface area (Å²) < 4.78 is 10.6. The summed E-state index contributed by atoms with van der Waals surface area (Å²) >= 11 is 0. The maximum Gasteiger partial charge on any atom is 0.124 e. The van der Waals surface area contributed by atoms with Crippen LogP contribution in [0.1, 0.15) is 6.42 Å². The molecule has 0 saturated carbocycles. The van der Waals surface area contributed by atoms with Crippen LogP contribution in [0.15, 0.2) is 18.2 Å². The molecule has 0 aliphatic carbocycles. The standard InChI is InChI=1S/C13H20N2O2/c1-16-12-5-11(6-13(7-12)17-2)15-4-3-10(8-14)9-15/h5-7,10H,3-4,8-9,14H2,1-2H3/t10-/m1/s1. The van der Waals surface area contributed by atoms with Crippen molar-refractivity contribution in [3.63, 3.8) is 0 Å². The highest BCUT2D eigenvalue weighted by Crippen LogP contribution is 2.31. The molecule has 1 heterocycles. The van der Waals surface area contributed by atoms with E-state index in [9.17, 15) is 0 Å². The van der Waals surface area contributed by atoms with Crippen LogP contribution >= 0.6 is 0 Å². The van der Waals surface area contributed by atoms with Crippen molar-refractivity contribution in [2.45, 2.75) is 6.42 Å². The summed E-state index contributed by atoms with van der Waals surface area (Å²) in [5, 5.41) is 0. The van der Waals surface area contributed by atoms with Gasteiger partial charge in [-0.2, -0.15) is 0 Å². The molecule has 94 valence electrons. The lowest BCUT2D eigenvalue weighted by molar-refractivity contribution is 0.394. The van der Waals surface area contributed by atoms with Gasteiger partial charge in [-0.15, -0.1) is 0 Å². The number of nitrogens with two attached hydrogens (primary N) is 1. The Morgan fingerprint density at radius 1 is 1.24 bits per heavy atom. The molecule has 0 bridgehead atoms. The van der Waals surface area contributed by atoms with Crippen LogP contribution < -0.4 is 20.1 Å². The average Bonchev–Trinajstić information content (AvgIpc) is 2.86. The van der Waals surface area contributed by atoms with Crippen LogP contribution in [-0.4, -0.2) is 33.9 Å². The van der Waals surface area contributed by atoms with Crippen molar-refractivity contribution in [2.75, 3.05) is 38.8 Å². The fraction of sp³-hybridized carbons (Fsp3) is 0.538. The van der Waals surface area contributed by atoms with Gasteiger partial charge in [0.05, 0.1) is 14.2 Å². The molecule has 1 aliphatic heterocycles. The van der Waals surface area contributed by atoms with Crippen molar-refractivity contribution in [2.24, 2.45) is 11.7 Å². The lowest BCUT2D eigenvalue weighted by Gasteiger charge is -2.20. The first kappa shape index (κ1) is 12.0. The number of nitrogens with zero attached hydrogens (tertiary/aromatic N) is 1. The molecule has 1 fully saturated rings. The quantitative estimate of drug-likeness (QED) is 0.860. The Morgan fingerprint density at radius 2 is 1.88 bits per heavy atom. The van der Waals surface area contributed by atoms with Gasteiger partial charge in [-0.25, -0.2) is 0 Å². The molecule has 0 amide bonds. The molecule has 2 rings (SSSR count). The van der Waals surface area contributed by atoms with Gasteiger partial charge in [-0.05, 0) is 18.9 Å². The second kappa shape index (κ2) is 5.27. The molecule has 0 radical (unpaired) electrons. The van der Waals surface area contributed by atoms with Crippen molar-refractivity contribution < 1.29 is 9.47 Å². The molecule has 1 aromatic carbocycles. The third kappa shape index (κ3) is 2.64. The molecule has 17 heavy (non-hydrogen) atoms. The maximum absolute atomic E-state index is 5.71. The fourth-order valence-electron chi connectivity index (χ4n) is 2.23. The van der Waals surface area contributed by atoms with Crippen LogP contribution in [0.3, 0.4) is 0 Å². The Labute approximate surface area is 102 Å². The molecular formula is C13H20N2O2.